The largest absolute Gasteiger partial charge is 0.392 e. The van der Waals surface area contributed by atoms with E-state index in [0.717, 1.165) is 23.3 Å². The van der Waals surface area contributed by atoms with Crippen molar-refractivity contribution in [2.45, 2.75) is 13.0 Å². The van der Waals surface area contributed by atoms with Crippen LogP contribution in [0.25, 0.3) is 0 Å². The minimum absolute atomic E-state index is 0.0219. The van der Waals surface area contributed by atoms with E-state index >= 15 is 0 Å². The molecule has 5 nitrogen and oxygen atoms in total. The molecule has 2 amide bonds. The van der Waals surface area contributed by atoms with E-state index in [1.807, 2.05) is 12.1 Å². The molecule has 0 radical (unpaired) electrons. The summed E-state index contributed by atoms with van der Waals surface area (Å²) in [6, 6.07) is 9.77. The van der Waals surface area contributed by atoms with Crippen molar-refractivity contribution < 1.29 is 23.5 Å². The Kier molecular flexibility index (Phi) is 6.59. The second-order valence-corrected chi connectivity index (χ2v) is 5.42. The highest BCUT2D eigenvalue weighted by Crippen LogP contribution is 2.07. The lowest BCUT2D eigenvalue weighted by Crippen LogP contribution is -2.37. The molecule has 2 rings (SSSR count). The van der Waals surface area contributed by atoms with Gasteiger partial charge in [-0.1, -0.05) is 24.3 Å². The lowest BCUT2D eigenvalue weighted by molar-refractivity contribution is -0.120. The number of hydrogen-bond acceptors (Lipinski definition) is 3. The zero-order valence-corrected chi connectivity index (χ0v) is 13.4. The fraction of sp³-hybridized carbons (Fsp3) is 0.222. The number of carbonyl (C=O) groups excluding carboxylic acids is 2. The van der Waals surface area contributed by atoms with Gasteiger partial charge < -0.3 is 15.7 Å². The maximum absolute atomic E-state index is 13.0. The predicted molar refractivity (Wildman–Crippen MR) is 87.8 cm³/mol. The molecular weight excluding hydrogens is 330 g/mol. The fourth-order valence-electron chi connectivity index (χ4n) is 2.17. The molecule has 2 aromatic rings. The lowest BCUT2D eigenvalue weighted by Gasteiger charge is -2.08. The number of benzene rings is 2. The van der Waals surface area contributed by atoms with Gasteiger partial charge in [-0.15, -0.1) is 0 Å². The molecule has 0 atom stereocenters. The summed E-state index contributed by atoms with van der Waals surface area (Å²) >= 11 is 0. The van der Waals surface area contributed by atoms with Crippen molar-refractivity contribution in [1.82, 2.24) is 10.6 Å². The Morgan fingerprint density at radius 3 is 2.12 bits per heavy atom. The minimum Gasteiger partial charge on any atom is -0.392 e. The second kappa shape index (κ2) is 8.89. The van der Waals surface area contributed by atoms with Crippen LogP contribution in [0.5, 0.6) is 0 Å². The van der Waals surface area contributed by atoms with Crippen LogP contribution in [-0.4, -0.2) is 30.0 Å². The molecule has 7 heteroatoms. The highest BCUT2D eigenvalue weighted by molar-refractivity contribution is 5.96. The van der Waals surface area contributed by atoms with Crippen LogP contribution < -0.4 is 10.6 Å². The van der Waals surface area contributed by atoms with Gasteiger partial charge in [0, 0.05) is 18.2 Å². The first-order chi connectivity index (χ1) is 12.0. The van der Waals surface area contributed by atoms with E-state index < -0.39 is 23.4 Å². The zero-order valence-electron chi connectivity index (χ0n) is 13.4. The van der Waals surface area contributed by atoms with E-state index in [1.54, 1.807) is 12.1 Å². The summed E-state index contributed by atoms with van der Waals surface area (Å²) in [6.45, 7) is 0.0636. The number of amides is 2. The zero-order chi connectivity index (χ0) is 18.2. The third kappa shape index (κ3) is 5.96. The molecule has 0 saturated heterocycles. The Hall–Kier alpha value is -2.80. The smallest absolute Gasteiger partial charge is 0.251 e. The van der Waals surface area contributed by atoms with Crippen molar-refractivity contribution in [1.29, 1.82) is 0 Å². The molecule has 25 heavy (non-hydrogen) atoms. The van der Waals surface area contributed by atoms with Crippen LogP contribution in [0.4, 0.5) is 8.78 Å². The molecule has 0 fully saturated rings. The first-order valence-electron chi connectivity index (χ1n) is 7.67. The summed E-state index contributed by atoms with van der Waals surface area (Å²) < 4.78 is 26.1. The first-order valence-corrected chi connectivity index (χ1v) is 7.67. The fourth-order valence-corrected chi connectivity index (χ4v) is 2.17. The molecule has 0 saturated carbocycles. The number of aliphatic hydroxyl groups excluding tert-OH is 1. The van der Waals surface area contributed by atoms with Gasteiger partial charge in [0.05, 0.1) is 13.2 Å². The summed E-state index contributed by atoms with van der Waals surface area (Å²) in [5.74, 6) is -2.85. The maximum Gasteiger partial charge on any atom is 0.251 e. The molecule has 3 N–H and O–H groups in total. The standard InChI is InChI=1S/C18H18F2N2O3/c19-15-7-14(8-16(20)9-15)18(25)22-10-17(24)21-6-5-12-1-3-13(11-23)4-2-12/h1-4,7-9,23H,5-6,10-11H2,(H,21,24)(H,22,25). The van der Waals surface area contributed by atoms with Crippen LogP contribution in [0, 0.1) is 11.6 Å². The van der Waals surface area contributed by atoms with Crippen LogP contribution in [0.15, 0.2) is 42.5 Å². The van der Waals surface area contributed by atoms with Crippen LogP contribution in [0.3, 0.4) is 0 Å². The predicted octanol–water partition coefficient (Wildman–Crippen LogP) is 1.55. The van der Waals surface area contributed by atoms with Crippen molar-refractivity contribution in [2.24, 2.45) is 0 Å². The lowest BCUT2D eigenvalue weighted by atomic mass is 10.1. The molecule has 2 aromatic carbocycles. The summed E-state index contributed by atoms with van der Waals surface area (Å²) in [7, 11) is 0. The average Bonchev–Trinajstić information content (AvgIpc) is 2.59. The van der Waals surface area contributed by atoms with E-state index in [4.69, 9.17) is 5.11 Å². The van der Waals surface area contributed by atoms with E-state index in [-0.39, 0.29) is 18.7 Å². The summed E-state index contributed by atoms with van der Waals surface area (Å²) in [4.78, 5) is 23.5. The number of nitrogens with one attached hydrogen (secondary N) is 2. The Bertz CT molecular complexity index is 728. The molecule has 132 valence electrons. The number of hydrogen-bond donors (Lipinski definition) is 3. The quantitative estimate of drug-likeness (QED) is 0.710. The van der Waals surface area contributed by atoms with Gasteiger partial charge in [-0.05, 0) is 29.7 Å². The Balaban J connectivity index is 1.73. The van der Waals surface area contributed by atoms with Gasteiger partial charge in [0.2, 0.25) is 5.91 Å². The molecule has 0 aromatic heterocycles. The summed E-state index contributed by atoms with van der Waals surface area (Å²) in [5.41, 5.74) is 1.62. The molecule has 0 aliphatic heterocycles. The number of aliphatic hydroxyl groups is 1. The Labute approximate surface area is 143 Å². The van der Waals surface area contributed by atoms with Gasteiger partial charge in [0.15, 0.2) is 0 Å². The molecule has 0 spiro atoms. The van der Waals surface area contributed by atoms with E-state index in [2.05, 4.69) is 10.6 Å². The third-order valence-corrected chi connectivity index (χ3v) is 3.48. The van der Waals surface area contributed by atoms with Crippen LogP contribution in [-0.2, 0) is 17.8 Å². The van der Waals surface area contributed by atoms with Crippen molar-refractivity contribution in [3.05, 3.63) is 70.8 Å². The van der Waals surface area contributed by atoms with Gasteiger partial charge in [-0.25, -0.2) is 8.78 Å². The van der Waals surface area contributed by atoms with Crippen molar-refractivity contribution in [3.8, 4) is 0 Å². The topological polar surface area (TPSA) is 78.4 Å². The van der Waals surface area contributed by atoms with Crippen molar-refractivity contribution in [2.75, 3.05) is 13.1 Å². The molecule has 0 unspecified atom stereocenters. The summed E-state index contributed by atoms with van der Waals surface area (Å²) in [6.07, 6.45) is 0.598. The van der Waals surface area contributed by atoms with Gasteiger partial charge in [0.1, 0.15) is 11.6 Å². The molecule has 0 heterocycles. The van der Waals surface area contributed by atoms with Crippen LogP contribution in [0.2, 0.25) is 0 Å². The van der Waals surface area contributed by atoms with Crippen molar-refractivity contribution >= 4 is 11.8 Å². The molecule has 0 aliphatic carbocycles. The first kappa shape index (κ1) is 18.5. The van der Waals surface area contributed by atoms with Crippen molar-refractivity contribution in [3.63, 3.8) is 0 Å². The second-order valence-electron chi connectivity index (χ2n) is 5.42. The Morgan fingerprint density at radius 2 is 1.52 bits per heavy atom. The van der Waals surface area contributed by atoms with Gasteiger partial charge in [-0.3, -0.25) is 9.59 Å². The van der Waals surface area contributed by atoms with Crippen LogP contribution >= 0.6 is 0 Å². The third-order valence-electron chi connectivity index (χ3n) is 3.48. The normalized spacial score (nSPS) is 10.4. The van der Waals surface area contributed by atoms with Crippen LogP contribution in [0.1, 0.15) is 21.5 Å². The Morgan fingerprint density at radius 1 is 0.920 bits per heavy atom. The van der Waals surface area contributed by atoms with E-state index in [0.29, 0.717) is 19.0 Å². The number of halogens is 2. The summed E-state index contributed by atoms with van der Waals surface area (Å²) in [5, 5.41) is 13.9. The minimum atomic E-state index is -0.859. The van der Waals surface area contributed by atoms with E-state index in [9.17, 15) is 18.4 Å². The molecule has 0 aliphatic rings. The number of carbonyl (C=O) groups is 2. The average molecular weight is 348 g/mol. The molecular formula is C18H18F2N2O3. The van der Waals surface area contributed by atoms with Gasteiger partial charge >= 0.3 is 0 Å². The van der Waals surface area contributed by atoms with E-state index in [1.165, 1.54) is 0 Å². The van der Waals surface area contributed by atoms with Gasteiger partial charge in [0.25, 0.3) is 5.91 Å². The van der Waals surface area contributed by atoms with Gasteiger partial charge in [-0.2, -0.15) is 0 Å². The highest BCUT2D eigenvalue weighted by Gasteiger charge is 2.10. The molecule has 0 bridgehead atoms. The monoisotopic (exact) mass is 348 g/mol. The number of rotatable bonds is 7. The maximum atomic E-state index is 13.0. The highest BCUT2D eigenvalue weighted by atomic mass is 19.1. The SMILES string of the molecule is O=C(CNC(=O)c1cc(F)cc(F)c1)NCCc1ccc(CO)cc1.